The maximum absolute atomic E-state index is 13.0. The van der Waals surface area contributed by atoms with Crippen molar-refractivity contribution in [3.63, 3.8) is 0 Å². The molecule has 0 radical (unpaired) electrons. The van der Waals surface area contributed by atoms with E-state index in [1.165, 1.54) is 4.90 Å². The van der Waals surface area contributed by atoms with Gasteiger partial charge in [0.1, 0.15) is 6.61 Å². The fourth-order valence-corrected chi connectivity index (χ4v) is 5.30. The molecule has 0 aliphatic carbocycles. The van der Waals surface area contributed by atoms with Crippen molar-refractivity contribution in [1.82, 2.24) is 0 Å². The number of hydrogen-bond donors (Lipinski definition) is 0. The number of carbonyl (C=O) groups is 2. The molecule has 2 aliphatic heterocycles. The number of benzene rings is 3. The number of hydrogen-bond acceptors (Lipinski definition) is 7. The highest BCUT2D eigenvalue weighted by atomic mass is 127. The lowest BCUT2D eigenvalue weighted by Crippen LogP contribution is -2.27. The summed E-state index contributed by atoms with van der Waals surface area (Å²) in [5.74, 6) is 2.25. The van der Waals surface area contributed by atoms with Crippen molar-refractivity contribution < 1.29 is 28.5 Å². The summed E-state index contributed by atoms with van der Waals surface area (Å²) in [7, 11) is 0. The molecule has 0 bridgehead atoms. The minimum Gasteiger partial charge on any atom is -0.490 e. The standard InChI is InChI=1S/C26H20INO6S/c1-2-31-22-12-17(13-23-25(29)28(26(30)35-23)18-6-4-3-5-7-18)10-19(27)24(22)32-14-16-8-9-20-21(11-16)34-15-33-20/h3-13H,2,14-15H2,1H3/b23-13-. The molecule has 1 saturated heterocycles. The number of carbonyl (C=O) groups excluding carboxylic acids is 2. The van der Waals surface area contributed by atoms with E-state index >= 15 is 0 Å². The number of thioether (sulfide) groups is 1. The lowest BCUT2D eigenvalue weighted by molar-refractivity contribution is -0.113. The van der Waals surface area contributed by atoms with Crippen LogP contribution < -0.4 is 23.8 Å². The Labute approximate surface area is 220 Å². The third kappa shape index (κ3) is 4.96. The first-order valence-corrected chi connectivity index (χ1v) is 12.7. The average Bonchev–Trinajstić information content (AvgIpc) is 3.42. The molecule has 1 fully saturated rings. The number of halogens is 1. The van der Waals surface area contributed by atoms with Gasteiger partial charge in [-0.05, 0) is 94.9 Å². The Kier molecular flexibility index (Phi) is 6.87. The van der Waals surface area contributed by atoms with Crippen LogP contribution in [-0.4, -0.2) is 24.5 Å². The molecular weight excluding hydrogens is 581 g/mol. The number of rotatable bonds is 7. The minimum atomic E-state index is -0.345. The molecule has 3 aromatic carbocycles. The topological polar surface area (TPSA) is 74.3 Å². The summed E-state index contributed by atoms with van der Waals surface area (Å²) in [5, 5.41) is -0.323. The minimum absolute atomic E-state index is 0.221. The van der Waals surface area contributed by atoms with E-state index in [4.69, 9.17) is 18.9 Å². The van der Waals surface area contributed by atoms with Gasteiger partial charge in [0, 0.05) is 0 Å². The van der Waals surface area contributed by atoms with Gasteiger partial charge in [-0.2, -0.15) is 0 Å². The number of imide groups is 1. The Morgan fingerprint density at radius 1 is 1.03 bits per heavy atom. The summed E-state index contributed by atoms with van der Waals surface area (Å²) < 4.78 is 23.6. The molecule has 0 unspecified atom stereocenters. The maximum Gasteiger partial charge on any atom is 0.298 e. The molecule has 0 N–H and O–H groups in total. The highest BCUT2D eigenvalue weighted by molar-refractivity contribution is 14.1. The van der Waals surface area contributed by atoms with E-state index in [1.807, 2.05) is 43.3 Å². The second-order valence-electron chi connectivity index (χ2n) is 7.59. The third-order valence-corrected chi connectivity index (χ3v) is 6.93. The second-order valence-corrected chi connectivity index (χ2v) is 9.75. The predicted octanol–water partition coefficient (Wildman–Crippen LogP) is 6.24. The van der Waals surface area contributed by atoms with E-state index in [9.17, 15) is 9.59 Å². The number of para-hydroxylation sites is 1. The average molecular weight is 601 g/mol. The highest BCUT2D eigenvalue weighted by Crippen LogP contribution is 2.39. The van der Waals surface area contributed by atoms with Gasteiger partial charge < -0.3 is 18.9 Å². The number of fused-ring (bicyclic) bond motifs is 1. The van der Waals surface area contributed by atoms with Gasteiger partial charge in [-0.1, -0.05) is 24.3 Å². The molecule has 0 saturated carbocycles. The van der Waals surface area contributed by atoms with Crippen LogP contribution in [0.4, 0.5) is 10.5 Å². The van der Waals surface area contributed by atoms with Crippen molar-refractivity contribution in [1.29, 1.82) is 0 Å². The fraction of sp³-hybridized carbons (Fsp3) is 0.154. The summed E-state index contributed by atoms with van der Waals surface area (Å²) >= 11 is 3.10. The molecule has 0 aromatic heterocycles. The van der Waals surface area contributed by atoms with Crippen molar-refractivity contribution in [3.8, 4) is 23.0 Å². The van der Waals surface area contributed by atoms with E-state index in [0.717, 1.165) is 32.2 Å². The van der Waals surface area contributed by atoms with Crippen molar-refractivity contribution >= 4 is 57.3 Å². The summed E-state index contributed by atoms with van der Waals surface area (Å²) in [6.45, 7) is 2.89. The molecular formula is C26H20INO6S. The number of nitrogens with zero attached hydrogens (tertiary/aromatic N) is 1. The van der Waals surface area contributed by atoms with Crippen molar-refractivity contribution in [3.05, 3.63) is 80.3 Å². The molecule has 0 spiro atoms. The molecule has 5 rings (SSSR count). The van der Waals surface area contributed by atoms with Gasteiger partial charge in [-0.15, -0.1) is 0 Å². The molecule has 35 heavy (non-hydrogen) atoms. The number of ether oxygens (including phenoxy) is 4. The van der Waals surface area contributed by atoms with Crippen LogP contribution >= 0.6 is 34.4 Å². The fourth-order valence-electron chi connectivity index (χ4n) is 3.68. The molecule has 7 nitrogen and oxygen atoms in total. The van der Waals surface area contributed by atoms with Crippen LogP contribution in [0.5, 0.6) is 23.0 Å². The van der Waals surface area contributed by atoms with Crippen LogP contribution in [0.25, 0.3) is 6.08 Å². The first kappa shape index (κ1) is 23.6. The second kappa shape index (κ2) is 10.2. The first-order valence-electron chi connectivity index (χ1n) is 10.8. The quantitative estimate of drug-likeness (QED) is 0.235. The van der Waals surface area contributed by atoms with Crippen LogP contribution in [0.3, 0.4) is 0 Å². The Morgan fingerprint density at radius 2 is 1.83 bits per heavy atom. The lowest BCUT2D eigenvalue weighted by Gasteiger charge is -2.15. The van der Waals surface area contributed by atoms with Gasteiger partial charge in [0.25, 0.3) is 11.1 Å². The molecule has 2 heterocycles. The van der Waals surface area contributed by atoms with Gasteiger partial charge in [-0.3, -0.25) is 9.59 Å². The van der Waals surface area contributed by atoms with E-state index < -0.39 is 0 Å². The smallest absolute Gasteiger partial charge is 0.298 e. The first-order chi connectivity index (χ1) is 17.0. The van der Waals surface area contributed by atoms with Crippen LogP contribution in [0.1, 0.15) is 18.1 Å². The van der Waals surface area contributed by atoms with Crippen LogP contribution in [0.15, 0.2) is 65.6 Å². The summed E-state index contributed by atoms with van der Waals surface area (Å²) in [6.07, 6.45) is 1.71. The van der Waals surface area contributed by atoms with Crippen molar-refractivity contribution in [2.75, 3.05) is 18.3 Å². The monoisotopic (exact) mass is 601 g/mol. The summed E-state index contributed by atoms with van der Waals surface area (Å²) in [5.41, 5.74) is 2.23. The van der Waals surface area contributed by atoms with Crippen molar-refractivity contribution in [2.24, 2.45) is 0 Å². The maximum atomic E-state index is 13.0. The molecule has 2 aliphatic rings. The van der Waals surface area contributed by atoms with E-state index in [0.29, 0.717) is 41.1 Å². The van der Waals surface area contributed by atoms with Crippen molar-refractivity contribution in [2.45, 2.75) is 13.5 Å². The molecule has 9 heteroatoms. The van der Waals surface area contributed by atoms with Gasteiger partial charge >= 0.3 is 0 Å². The summed E-state index contributed by atoms with van der Waals surface area (Å²) in [4.78, 5) is 27.0. The van der Waals surface area contributed by atoms with Gasteiger partial charge in [-0.25, -0.2) is 4.90 Å². The van der Waals surface area contributed by atoms with Gasteiger partial charge in [0.15, 0.2) is 23.0 Å². The Hall–Kier alpha value is -3.18. The zero-order valence-corrected chi connectivity index (χ0v) is 21.6. The molecule has 178 valence electrons. The highest BCUT2D eigenvalue weighted by Gasteiger charge is 2.36. The zero-order chi connectivity index (χ0) is 24.4. The Balaban J connectivity index is 1.38. The normalized spacial score (nSPS) is 15.7. The molecule has 0 atom stereocenters. The van der Waals surface area contributed by atoms with E-state index in [2.05, 4.69) is 22.6 Å². The molecule has 3 aromatic rings. The van der Waals surface area contributed by atoms with Gasteiger partial charge in [0.2, 0.25) is 6.79 Å². The number of anilines is 1. The lowest BCUT2D eigenvalue weighted by atomic mass is 10.1. The van der Waals surface area contributed by atoms with E-state index in [-0.39, 0.29) is 17.9 Å². The summed E-state index contributed by atoms with van der Waals surface area (Å²) in [6, 6.07) is 18.3. The SMILES string of the molecule is CCOc1cc(/C=C2\SC(=O)N(c3ccccc3)C2=O)cc(I)c1OCc1ccc2c(c1)OCO2. The van der Waals surface area contributed by atoms with Crippen LogP contribution in [0, 0.1) is 3.57 Å². The van der Waals surface area contributed by atoms with Crippen LogP contribution in [-0.2, 0) is 11.4 Å². The van der Waals surface area contributed by atoms with Crippen LogP contribution in [0.2, 0.25) is 0 Å². The van der Waals surface area contributed by atoms with E-state index in [1.54, 1.807) is 30.3 Å². The van der Waals surface area contributed by atoms with Gasteiger partial charge in [0.05, 0.1) is 20.8 Å². The Morgan fingerprint density at radius 3 is 2.63 bits per heavy atom. The Bertz CT molecular complexity index is 1330. The third-order valence-electron chi connectivity index (χ3n) is 5.26. The zero-order valence-electron chi connectivity index (χ0n) is 18.7. The molecule has 2 amide bonds. The predicted molar refractivity (Wildman–Crippen MR) is 142 cm³/mol. The number of amides is 2. The largest absolute Gasteiger partial charge is 0.490 e.